The predicted molar refractivity (Wildman–Crippen MR) is 101 cm³/mol. The molecular weight excluding hydrogens is 348 g/mol. The van der Waals surface area contributed by atoms with E-state index in [1.165, 1.54) is 19.2 Å². The van der Waals surface area contributed by atoms with Crippen molar-refractivity contribution in [3.05, 3.63) is 68.3 Å². The van der Waals surface area contributed by atoms with Gasteiger partial charge < -0.3 is 26.5 Å². The zero-order chi connectivity index (χ0) is 19.9. The number of nitrogens with two attached hydrogens (primary N) is 2. The molecule has 1 aromatic carbocycles. The Labute approximate surface area is 155 Å². The van der Waals surface area contributed by atoms with Crippen LogP contribution < -0.4 is 27.1 Å². The summed E-state index contributed by atoms with van der Waals surface area (Å²) in [6.45, 7) is 3.57. The molecule has 2 aromatic rings. The van der Waals surface area contributed by atoms with Gasteiger partial charge in [-0.25, -0.2) is 0 Å². The van der Waals surface area contributed by atoms with Gasteiger partial charge in [0, 0.05) is 28.6 Å². The first-order chi connectivity index (χ1) is 12.8. The minimum Gasteiger partial charge on any atom is -0.496 e. The first-order valence-corrected chi connectivity index (χ1v) is 8.23. The van der Waals surface area contributed by atoms with Gasteiger partial charge in [0.25, 0.3) is 5.56 Å². The highest BCUT2D eigenvalue weighted by atomic mass is 16.5. The molecule has 0 fully saturated rings. The third kappa shape index (κ3) is 2.95. The molecule has 27 heavy (non-hydrogen) atoms. The number of carbonyl (C=O) groups is 2. The molecule has 2 amide bonds. The third-order valence-electron chi connectivity index (χ3n) is 4.72. The number of hydrogen-bond donors (Lipinski definition) is 4. The number of anilines is 1. The van der Waals surface area contributed by atoms with E-state index in [0.29, 0.717) is 28.3 Å². The molecule has 1 aromatic heterocycles. The first-order valence-electron chi connectivity index (χ1n) is 8.23. The van der Waals surface area contributed by atoms with Crippen LogP contribution in [-0.2, 0) is 4.79 Å². The second kappa shape index (κ2) is 6.64. The largest absolute Gasteiger partial charge is 0.496 e. The van der Waals surface area contributed by atoms with E-state index < -0.39 is 17.7 Å². The second-order valence-corrected chi connectivity index (χ2v) is 6.37. The summed E-state index contributed by atoms with van der Waals surface area (Å²) in [7, 11) is 1.44. The summed E-state index contributed by atoms with van der Waals surface area (Å²) in [5.41, 5.74) is 14.0. The number of benzene rings is 1. The fourth-order valence-electron chi connectivity index (χ4n) is 3.45. The molecule has 140 valence electrons. The van der Waals surface area contributed by atoms with Crippen LogP contribution in [0.1, 0.15) is 39.9 Å². The predicted octanol–water partition coefficient (Wildman–Crippen LogP) is 1.11. The maximum atomic E-state index is 12.7. The number of rotatable bonds is 4. The van der Waals surface area contributed by atoms with Crippen LogP contribution in [0.5, 0.6) is 5.75 Å². The van der Waals surface area contributed by atoms with Gasteiger partial charge in [-0.3, -0.25) is 14.4 Å². The van der Waals surface area contributed by atoms with Crippen LogP contribution in [-0.4, -0.2) is 23.9 Å². The molecule has 1 aliphatic rings. The van der Waals surface area contributed by atoms with E-state index in [1.807, 2.05) is 6.92 Å². The topological polar surface area (TPSA) is 140 Å². The highest BCUT2D eigenvalue weighted by molar-refractivity contribution is 5.98. The van der Waals surface area contributed by atoms with Gasteiger partial charge in [-0.05, 0) is 31.5 Å². The smallest absolute Gasteiger partial charge is 0.254 e. The molecule has 1 unspecified atom stereocenters. The van der Waals surface area contributed by atoms with Crippen LogP contribution >= 0.6 is 0 Å². The number of carbonyl (C=O) groups excluding carboxylic acids is 2. The number of H-pyrrole nitrogens is 1. The number of ether oxygens (including phenoxy) is 1. The van der Waals surface area contributed by atoms with Gasteiger partial charge >= 0.3 is 0 Å². The summed E-state index contributed by atoms with van der Waals surface area (Å²) in [4.78, 5) is 39.1. The number of fused-ring (bicyclic) bond motifs is 1. The van der Waals surface area contributed by atoms with Gasteiger partial charge in [-0.15, -0.1) is 0 Å². The van der Waals surface area contributed by atoms with E-state index in [9.17, 15) is 14.4 Å². The van der Waals surface area contributed by atoms with Gasteiger partial charge in [0.05, 0.1) is 24.3 Å². The van der Waals surface area contributed by atoms with Crippen molar-refractivity contribution in [1.82, 2.24) is 4.98 Å². The molecule has 1 aliphatic heterocycles. The minimum absolute atomic E-state index is 0.253. The average Bonchev–Trinajstić information content (AvgIpc) is 2.62. The number of pyridine rings is 1. The number of aromatic nitrogens is 1. The lowest BCUT2D eigenvalue weighted by atomic mass is 9.79. The van der Waals surface area contributed by atoms with Gasteiger partial charge in [0.2, 0.25) is 11.8 Å². The molecule has 1 atom stereocenters. The standard InChI is InChI=1S/C19H20N4O4/c1-8-7-22-19(26)15-14(13(18(21)25)9(2)23-16(8)15)11-5-4-10(17(20)24)6-12(11)27-3/h4-7,14,23H,1-3H3,(H2,20,24)(H2,21,25)(H,22,26). The first kappa shape index (κ1) is 18.2. The van der Waals surface area contributed by atoms with Crippen LogP contribution in [0.4, 0.5) is 5.69 Å². The van der Waals surface area contributed by atoms with Crippen LogP contribution in [0.2, 0.25) is 0 Å². The molecule has 0 bridgehead atoms. The van der Waals surface area contributed by atoms with Crippen molar-refractivity contribution in [2.45, 2.75) is 19.8 Å². The van der Waals surface area contributed by atoms with Crippen LogP contribution in [0.15, 0.2) is 40.5 Å². The fourth-order valence-corrected chi connectivity index (χ4v) is 3.45. The molecule has 8 nitrogen and oxygen atoms in total. The molecule has 2 heterocycles. The highest BCUT2D eigenvalue weighted by Crippen LogP contribution is 2.43. The lowest BCUT2D eigenvalue weighted by Crippen LogP contribution is -2.32. The van der Waals surface area contributed by atoms with E-state index in [1.54, 1.807) is 19.2 Å². The Morgan fingerprint density at radius 3 is 2.44 bits per heavy atom. The van der Waals surface area contributed by atoms with Crippen molar-refractivity contribution in [3.63, 3.8) is 0 Å². The van der Waals surface area contributed by atoms with Crippen molar-refractivity contribution in [1.29, 1.82) is 0 Å². The zero-order valence-corrected chi connectivity index (χ0v) is 15.2. The number of aromatic amines is 1. The fraction of sp³-hybridized carbons (Fsp3) is 0.211. The van der Waals surface area contributed by atoms with E-state index in [0.717, 1.165) is 5.56 Å². The molecule has 8 heteroatoms. The Bertz CT molecular complexity index is 1050. The number of methoxy groups -OCH3 is 1. The zero-order valence-electron chi connectivity index (χ0n) is 15.2. The maximum Gasteiger partial charge on any atom is 0.254 e. The number of hydrogen-bond acceptors (Lipinski definition) is 5. The van der Waals surface area contributed by atoms with E-state index in [2.05, 4.69) is 10.3 Å². The molecule has 0 saturated carbocycles. The molecule has 0 aliphatic carbocycles. The lowest BCUT2D eigenvalue weighted by Gasteiger charge is -2.30. The Morgan fingerprint density at radius 1 is 1.15 bits per heavy atom. The normalized spacial score (nSPS) is 15.7. The quantitative estimate of drug-likeness (QED) is 0.640. The van der Waals surface area contributed by atoms with Gasteiger partial charge in [-0.2, -0.15) is 0 Å². The van der Waals surface area contributed by atoms with Gasteiger partial charge in [-0.1, -0.05) is 6.07 Å². The molecule has 3 rings (SSSR count). The number of allylic oxidation sites excluding steroid dienone is 1. The Kier molecular flexibility index (Phi) is 4.49. The van der Waals surface area contributed by atoms with E-state index in [4.69, 9.17) is 16.2 Å². The molecule has 0 spiro atoms. The SMILES string of the molecule is COc1cc(C(N)=O)ccc1C1C(C(N)=O)=C(C)Nc2c(C)c[nH]c(=O)c21. The minimum atomic E-state index is -0.751. The van der Waals surface area contributed by atoms with Crippen molar-refractivity contribution in [2.24, 2.45) is 11.5 Å². The van der Waals surface area contributed by atoms with Crippen molar-refractivity contribution in [2.75, 3.05) is 12.4 Å². The monoisotopic (exact) mass is 368 g/mol. The third-order valence-corrected chi connectivity index (χ3v) is 4.72. The molecule has 0 radical (unpaired) electrons. The molecule has 6 N–H and O–H groups in total. The Hall–Kier alpha value is -3.55. The van der Waals surface area contributed by atoms with Gasteiger partial charge in [0.15, 0.2) is 0 Å². The summed E-state index contributed by atoms with van der Waals surface area (Å²) in [5.74, 6) is -1.69. The number of nitrogens with one attached hydrogen (secondary N) is 2. The van der Waals surface area contributed by atoms with Crippen LogP contribution in [0.25, 0.3) is 0 Å². The molecular formula is C19H20N4O4. The highest BCUT2D eigenvalue weighted by Gasteiger charge is 2.35. The second-order valence-electron chi connectivity index (χ2n) is 6.37. The van der Waals surface area contributed by atoms with Crippen molar-refractivity contribution >= 4 is 17.5 Å². The Morgan fingerprint density at radius 2 is 1.85 bits per heavy atom. The van der Waals surface area contributed by atoms with E-state index >= 15 is 0 Å². The van der Waals surface area contributed by atoms with Crippen molar-refractivity contribution < 1.29 is 14.3 Å². The summed E-state index contributed by atoms with van der Waals surface area (Å²) in [6.07, 6.45) is 1.60. The number of amides is 2. The van der Waals surface area contributed by atoms with E-state index in [-0.39, 0.29) is 16.7 Å². The van der Waals surface area contributed by atoms with Crippen molar-refractivity contribution in [3.8, 4) is 5.75 Å². The van der Waals surface area contributed by atoms with Gasteiger partial charge in [0.1, 0.15) is 5.75 Å². The summed E-state index contributed by atoms with van der Waals surface area (Å²) in [5, 5.41) is 3.11. The van der Waals surface area contributed by atoms with Crippen LogP contribution in [0.3, 0.4) is 0 Å². The summed E-state index contributed by atoms with van der Waals surface area (Å²) in [6, 6.07) is 4.63. The Balaban J connectivity index is 2.36. The summed E-state index contributed by atoms with van der Waals surface area (Å²) < 4.78 is 5.42. The number of primary amides is 2. The summed E-state index contributed by atoms with van der Waals surface area (Å²) >= 11 is 0. The molecule has 0 saturated heterocycles. The van der Waals surface area contributed by atoms with Crippen LogP contribution in [0, 0.1) is 6.92 Å². The lowest BCUT2D eigenvalue weighted by molar-refractivity contribution is -0.114. The number of aryl methyl sites for hydroxylation is 1. The average molecular weight is 368 g/mol. The maximum absolute atomic E-state index is 12.7.